The van der Waals surface area contributed by atoms with Gasteiger partial charge in [0.15, 0.2) is 5.82 Å². The van der Waals surface area contributed by atoms with Crippen LogP contribution in [0.4, 0.5) is 23.1 Å². The largest absolute Gasteiger partial charge is 0.372 e. The van der Waals surface area contributed by atoms with E-state index in [-0.39, 0.29) is 35.3 Å². The zero-order chi connectivity index (χ0) is 23.4. The summed E-state index contributed by atoms with van der Waals surface area (Å²) in [6, 6.07) is 7.33. The maximum Gasteiger partial charge on any atom is 0.278 e. The summed E-state index contributed by atoms with van der Waals surface area (Å²) >= 11 is 0. The van der Waals surface area contributed by atoms with Crippen LogP contribution in [-0.2, 0) is 4.79 Å². The molecule has 32 heavy (non-hydrogen) atoms. The number of nitrogens with one attached hydrogen (secondary N) is 3. The number of aromatic amines is 1. The van der Waals surface area contributed by atoms with E-state index in [4.69, 9.17) is 5.73 Å². The van der Waals surface area contributed by atoms with E-state index in [9.17, 15) is 14.4 Å². The molecule has 1 aliphatic heterocycles. The van der Waals surface area contributed by atoms with Gasteiger partial charge in [-0.25, -0.2) is 0 Å². The number of hydrogen-bond acceptors (Lipinski definition) is 8. The Kier molecular flexibility index (Phi) is 7.01. The zero-order valence-electron chi connectivity index (χ0n) is 18.9. The third-order valence-corrected chi connectivity index (χ3v) is 5.68. The maximum atomic E-state index is 12.4. The van der Waals surface area contributed by atoms with Crippen molar-refractivity contribution in [2.75, 3.05) is 48.0 Å². The Bertz CT molecular complexity index is 1030. The lowest BCUT2D eigenvalue weighted by Crippen LogP contribution is -2.50. The van der Waals surface area contributed by atoms with Crippen LogP contribution in [0, 0.1) is 0 Å². The zero-order valence-corrected chi connectivity index (χ0v) is 18.9. The number of ketones is 1. The van der Waals surface area contributed by atoms with Gasteiger partial charge in [-0.3, -0.25) is 14.6 Å². The quantitative estimate of drug-likeness (QED) is 0.480. The number of H-pyrrole nitrogens is 1. The van der Waals surface area contributed by atoms with Gasteiger partial charge in [0.2, 0.25) is 5.95 Å². The Hall–Kier alpha value is -3.56. The van der Waals surface area contributed by atoms with E-state index in [1.165, 1.54) is 0 Å². The molecular weight excluding hydrogens is 410 g/mol. The summed E-state index contributed by atoms with van der Waals surface area (Å²) in [5, 5.41) is 6.11. The summed E-state index contributed by atoms with van der Waals surface area (Å²) in [5.41, 5.74) is 7.34. The number of nitrogens with zero attached hydrogens (tertiary/aromatic N) is 3. The first-order valence-corrected chi connectivity index (χ1v) is 10.6. The molecule has 1 aromatic heterocycles. The Balaban J connectivity index is 1.61. The van der Waals surface area contributed by atoms with Gasteiger partial charge in [-0.15, -0.1) is 0 Å². The predicted octanol–water partition coefficient (Wildman–Crippen LogP) is 1.21. The van der Waals surface area contributed by atoms with Crippen molar-refractivity contribution in [3.05, 3.63) is 40.2 Å². The van der Waals surface area contributed by atoms with Crippen LogP contribution in [0.2, 0.25) is 0 Å². The Morgan fingerprint density at radius 3 is 2.69 bits per heavy atom. The SMILES string of the molecule is CC(=O)CC[C@@H](C)NC(=O)c1ccc(N(C)C[C@H]2CNc3nc(N)[nH]c(=O)c3N2C)cc1. The number of nitrogen functional groups attached to an aromatic ring is 1. The second kappa shape index (κ2) is 9.71. The number of nitrogens with two attached hydrogens (primary N) is 1. The number of carbonyl (C=O) groups excluding carboxylic acids is 2. The van der Waals surface area contributed by atoms with Crippen molar-refractivity contribution in [1.82, 2.24) is 15.3 Å². The molecule has 1 amide bonds. The highest BCUT2D eigenvalue weighted by atomic mass is 16.2. The number of Topliss-reactive ketones (excluding diaryl/α,β-unsaturated/α-hetero) is 1. The standard InChI is InChI=1S/C22H31N7O3/c1-13(5-6-14(2)30)25-20(31)15-7-9-16(10-8-15)28(3)12-17-11-24-19-18(29(17)4)21(32)27-22(23)26-19/h7-10,13,17H,5-6,11-12H2,1-4H3,(H,25,31)(H4,23,24,26,27,32)/t13-,17-/m1/s1. The van der Waals surface area contributed by atoms with E-state index >= 15 is 0 Å². The van der Waals surface area contributed by atoms with Crippen LogP contribution in [0.3, 0.4) is 0 Å². The first-order chi connectivity index (χ1) is 15.2. The first-order valence-electron chi connectivity index (χ1n) is 10.6. The summed E-state index contributed by atoms with van der Waals surface area (Å²) in [7, 11) is 3.83. The third kappa shape index (κ3) is 5.37. The molecule has 0 unspecified atom stereocenters. The molecule has 0 saturated heterocycles. The monoisotopic (exact) mass is 441 g/mol. The van der Waals surface area contributed by atoms with Crippen LogP contribution in [0.25, 0.3) is 0 Å². The first kappa shape index (κ1) is 23.1. The van der Waals surface area contributed by atoms with Gasteiger partial charge in [0, 0.05) is 50.9 Å². The molecule has 10 heteroatoms. The summed E-state index contributed by atoms with van der Waals surface area (Å²) in [4.78, 5) is 46.6. The molecule has 2 aromatic rings. The molecule has 2 atom stereocenters. The van der Waals surface area contributed by atoms with Gasteiger partial charge in [0.1, 0.15) is 11.5 Å². The number of rotatable bonds is 8. The summed E-state index contributed by atoms with van der Waals surface area (Å²) in [6.07, 6.45) is 1.08. The summed E-state index contributed by atoms with van der Waals surface area (Å²) in [6.45, 7) is 4.71. The minimum atomic E-state index is -0.275. The van der Waals surface area contributed by atoms with E-state index in [1.807, 2.05) is 38.1 Å². The van der Waals surface area contributed by atoms with Gasteiger partial charge >= 0.3 is 0 Å². The third-order valence-electron chi connectivity index (χ3n) is 5.68. The van der Waals surface area contributed by atoms with E-state index in [1.54, 1.807) is 19.1 Å². The molecule has 1 aromatic carbocycles. The number of carbonyl (C=O) groups is 2. The lowest BCUT2D eigenvalue weighted by atomic mass is 10.1. The number of benzene rings is 1. The van der Waals surface area contributed by atoms with Gasteiger partial charge in [0.05, 0.1) is 6.04 Å². The molecule has 0 radical (unpaired) electrons. The highest BCUT2D eigenvalue weighted by Crippen LogP contribution is 2.26. The lowest BCUT2D eigenvalue weighted by molar-refractivity contribution is -0.117. The van der Waals surface area contributed by atoms with Crippen molar-refractivity contribution in [2.24, 2.45) is 0 Å². The minimum Gasteiger partial charge on any atom is -0.372 e. The molecule has 0 aliphatic carbocycles. The van der Waals surface area contributed by atoms with E-state index < -0.39 is 0 Å². The number of fused-ring (bicyclic) bond motifs is 1. The van der Waals surface area contributed by atoms with E-state index in [2.05, 4.69) is 25.5 Å². The fraction of sp³-hybridized carbons (Fsp3) is 0.455. The molecule has 0 bridgehead atoms. The molecule has 0 saturated carbocycles. The smallest absolute Gasteiger partial charge is 0.278 e. The number of aromatic nitrogens is 2. The highest BCUT2D eigenvalue weighted by Gasteiger charge is 2.28. The average Bonchev–Trinajstić information content (AvgIpc) is 2.73. The van der Waals surface area contributed by atoms with Crippen LogP contribution in [-0.4, -0.2) is 60.9 Å². The van der Waals surface area contributed by atoms with Gasteiger partial charge in [0.25, 0.3) is 11.5 Å². The topological polar surface area (TPSA) is 136 Å². The van der Waals surface area contributed by atoms with Crippen molar-refractivity contribution < 1.29 is 9.59 Å². The van der Waals surface area contributed by atoms with Crippen LogP contribution in [0.1, 0.15) is 37.0 Å². The molecule has 10 nitrogen and oxygen atoms in total. The molecule has 3 rings (SSSR count). The minimum absolute atomic E-state index is 0.0316. The van der Waals surface area contributed by atoms with Crippen molar-refractivity contribution in [1.29, 1.82) is 0 Å². The van der Waals surface area contributed by atoms with Crippen molar-refractivity contribution in [3.63, 3.8) is 0 Å². The predicted molar refractivity (Wildman–Crippen MR) is 127 cm³/mol. The molecule has 172 valence electrons. The normalized spacial score (nSPS) is 16.0. The second-order valence-electron chi connectivity index (χ2n) is 8.34. The Morgan fingerprint density at radius 2 is 2.03 bits per heavy atom. The van der Waals surface area contributed by atoms with Crippen LogP contribution < -0.4 is 31.7 Å². The van der Waals surface area contributed by atoms with Crippen molar-refractivity contribution in [2.45, 2.75) is 38.8 Å². The molecule has 5 N–H and O–H groups in total. The fourth-order valence-corrected chi connectivity index (χ4v) is 3.74. The molecule has 0 spiro atoms. The maximum absolute atomic E-state index is 12.4. The summed E-state index contributed by atoms with van der Waals surface area (Å²) in [5.74, 6) is 0.531. The molecule has 0 fully saturated rings. The van der Waals surface area contributed by atoms with Crippen molar-refractivity contribution >= 4 is 34.8 Å². The van der Waals surface area contributed by atoms with Crippen molar-refractivity contribution in [3.8, 4) is 0 Å². The lowest BCUT2D eigenvalue weighted by Gasteiger charge is -2.37. The Labute approximate surface area is 187 Å². The molecular formula is C22H31N7O3. The molecule has 2 heterocycles. The number of likely N-dealkylation sites (N-methyl/N-ethyl adjacent to an activating group) is 2. The average molecular weight is 442 g/mol. The van der Waals surface area contributed by atoms with Crippen LogP contribution >= 0.6 is 0 Å². The van der Waals surface area contributed by atoms with Crippen LogP contribution in [0.15, 0.2) is 29.1 Å². The summed E-state index contributed by atoms with van der Waals surface area (Å²) < 4.78 is 0. The van der Waals surface area contributed by atoms with Gasteiger partial charge in [-0.05, 0) is 44.5 Å². The van der Waals surface area contributed by atoms with E-state index in [0.29, 0.717) is 43.0 Å². The van der Waals surface area contributed by atoms with E-state index in [0.717, 1.165) is 5.69 Å². The number of hydrogen-bond donors (Lipinski definition) is 4. The highest BCUT2D eigenvalue weighted by molar-refractivity contribution is 5.94. The van der Waals surface area contributed by atoms with Gasteiger partial charge in [-0.1, -0.05) is 0 Å². The van der Waals surface area contributed by atoms with Gasteiger partial charge in [-0.2, -0.15) is 4.98 Å². The van der Waals surface area contributed by atoms with Crippen LogP contribution in [0.5, 0.6) is 0 Å². The molecule has 1 aliphatic rings. The second-order valence-corrected chi connectivity index (χ2v) is 8.34. The fourth-order valence-electron chi connectivity index (χ4n) is 3.74. The van der Waals surface area contributed by atoms with Gasteiger partial charge < -0.3 is 31.0 Å². The Morgan fingerprint density at radius 1 is 1.34 bits per heavy atom. The number of amides is 1. The number of anilines is 4.